The molecular weight excluding hydrogens is 218 g/mol. The number of carbonyl (C=O) groups is 1. The lowest BCUT2D eigenvalue weighted by molar-refractivity contribution is -0.114. The molecule has 1 rings (SSSR count). The van der Waals surface area contributed by atoms with Crippen LogP contribution in [0.5, 0.6) is 0 Å². The fourth-order valence-electron chi connectivity index (χ4n) is 0.989. The fourth-order valence-corrected chi connectivity index (χ4v) is 1.62. The zero-order chi connectivity index (χ0) is 11.5. The van der Waals surface area contributed by atoms with Crippen LogP contribution in [-0.4, -0.2) is 14.3 Å². The normalized spacial score (nSPS) is 11.1. The SMILES string of the molecule is CC(=O)Nc1ccc(S(=O)(=O)NN)cc1. The van der Waals surface area contributed by atoms with Crippen LogP contribution in [0.3, 0.4) is 0 Å². The molecule has 15 heavy (non-hydrogen) atoms. The molecule has 0 aliphatic rings. The summed E-state index contributed by atoms with van der Waals surface area (Å²) in [5.74, 6) is 4.63. The molecule has 6 nitrogen and oxygen atoms in total. The maximum atomic E-state index is 11.2. The summed E-state index contributed by atoms with van der Waals surface area (Å²) in [6.45, 7) is 1.37. The molecule has 0 aromatic heterocycles. The van der Waals surface area contributed by atoms with E-state index in [0.29, 0.717) is 5.69 Å². The van der Waals surface area contributed by atoms with Crippen LogP contribution in [0.25, 0.3) is 0 Å². The van der Waals surface area contributed by atoms with E-state index in [4.69, 9.17) is 5.84 Å². The van der Waals surface area contributed by atoms with E-state index in [0.717, 1.165) is 0 Å². The minimum Gasteiger partial charge on any atom is -0.326 e. The number of amides is 1. The van der Waals surface area contributed by atoms with Gasteiger partial charge in [-0.1, -0.05) is 0 Å². The molecule has 0 heterocycles. The largest absolute Gasteiger partial charge is 0.326 e. The third kappa shape index (κ3) is 3.01. The molecule has 1 aromatic carbocycles. The first kappa shape index (κ1) is 11.6. The molecule has 0 fully saturated rings. The Labute approximate surface area is 87.5 Å². The number of rotatable bonds is 3. The molecule has 0 unspecified atom stereocenters. The van der Waals surface area contributed by atoms with E-state index >= 15 is 0 Å². The molecule has 1 aromatic rings. The molecular formula is C8H11N3O3S. The number of anilines is 1. The number of hydrazine groups is 1. The quantitative estimate of drug-likeness (QED) is 0.493. The van der Waals surface area contributed by atoms with Gasteiger partial charge in [0.1, 0.15) is 0 Å². The zero-order valence-corrected chi connectivity index (χ0v) is 8.84. The highest BCUT2D eigenvalue weighted by Crippen LogP contribution is 2.13. The molecule has 0 saturated carbocycles. The van der Waals surface area contributed by atoms with Gasteiger partial charge in [0.15, 0.2) is 0 Å². The van der Waals surface area contributed by atoms with Crippen molar-refractivity contribution < 1.29 is 13.2 Å². The lowest BCUT2D eigenvalue weighted by atomic mass is 10.3. The van der Waals surface area contributed by atoms with Gasteiger partial charge in [0, 0.05) is 12.6 Å². The number of sulfonamides is 1. The Morgan fingerprint density at radius 3 is 2.20 bits per heavy atom. The summed E-state index contributed by atoms with van der Waals surface area (Å²) < 4.78 is 22.4. The second kappa shape index (κ2) is 4.39. The predicted octanol–water partition coefficient (Wildman–Crippen LogP) is -0.203. The minimum atomic E-state index is -3.63. The number of carbonyl (C=O) groups excluding carboxylic acids is 1. The minimum absolute atomic E-state index is 0.0408. The van der Waals surface area contributed by atoms with Crippen molar-refractivity contribution in [1.29, 1.82) is 0 Å². The number of hydrogen-bond acceptors (Lipinski definition) is 4. The van der Waals surface area contributed by atoms with Gasteiger partial charge in [-0.05, 0) is 24.3 Å². The highest BCUT2D eigenvalue weighted by Gasteiger charge is 2.10. The van der Waals surface area contributed by atoms with Crippen molar-refractivity contribution in [2.45, 2.75) is 11.8 Å². The monoisotopic (exact) mass is 229 g/mol. The highest BCUT2D eigenvalue weighted by molar-refractivity contribution is 7.89. The van der Waals surface area contributed by atoms with Crippen LogP contribution in [0.2, 0.25) is 0 Å². The Bertz CT molecular complexity index is 453. The molecule has 0 saturated heterocycles. The Kier molecular flexibility index (Phi) is 3.40. The van der Waals surface area contributed by atoms with E-state index in [-0.39, 0.29) is 10.8 Å². The van der Waals surface area contributed by atoms with Crippen molar-refractivity contribution in [3.63, 3.8) is 0 Å². The molecule has 82 valence electrons. The van der Waals surface area contributed by atoms with E-state index < -0.39 is 10.0 Å². The lowest BCUT2D eigenvalue weighted by Gasteiger charge is -2.04. The van der Waals surface area contributed by atoms with Gasteiger partial charge >= 0.3 is 0 Å². The second-order valence-corrected chi connectivity index (χ2v) is 4.54. The molecule has 4 N–H and O–H groups in total. The van der Waals surface area contributed by atoms with Gasteiger partial charge in [0.05, 0.1) is 4.90 Å². The summed E-state index contributed by atoms with van der Waals surface area (Å²) in [6.07, 6.45) is 0. The second-order valence-electron chi connectivity index (χ2n) is 2.83. The molecule has 1 amide bonds. The van der Waals surface area contributed by atoms with Gasteiger partial charge in [-0.25, -0.2) is 8.42 Å². The first-order valence-corrected chi connectivity index (χ1v) is 5.54. The van der Waals surface area contributed by atoms with Gasteiger partial charge in [-0.2, -0.15) is 4.83 Å². The van der Waals surface area contributed by atoms with E-state index in [1.165, 1.54) is 31.2 Å². The Hall–Kier alpha value is -1.44. The van der Waals surface area contributed by atoms with Crippen molar-refractivity contribution in [2.24, 2.45) is 5.84 Å². The van der Waals surface area contributed by atoms with Crippen molar-refractivity contribution >= 4 is 21.6 Å². The van der Waals surface area contributed by atoms with E-state index in [1.54, 1.807) is 4.83 Å². The van der Waals surface area contributed by atoms with Crippen molar-refractivity contribution in [3.05, 3.63) is 24.3 Å². The number of nitrogens with one attached hydrogen (secondary N) is 2. The summed E-state index contributed by atoms with van der Waals surface area (Å²) in [5.41, 5.74) is 0.526. The first-order chi connectivity index (χ1) is 6.95. The Morgan fingerprint density at radius 1 is 1.27 bits per heavy atom. The summed E-state index contributed by atoms with van der Waals surface area (Å²) >= 11 is 0. The average molecular weight is 229 g/mol. The Balaban J connectivity index is 2.95. The molecule has 0 bridgehead atoms. The van der Waals surface area contributed by atoms with Crippen LogP contribution in [0.1, 0.15) is 6.92 Å². The van der Waals surface area contributed by atoms with Crippen molar-refractivity contribution in [2.75, 3.05) is 5.32 Å². The average Bonchev–Trinajstić information content (AvgIpc) is 2.18. The third-order valence-electron chi connectivity index (χ3n) is 1.64. The van der Waals surface area contributed by atoms with Crippen LogP contribution >= 0.6 is 0 Å². The van der Waals surface area contributed by atoms with Crippen molar-refractivity contribution in [3.8, 4) is 0 Å². The summed E-state index contributed by atoms with van der Waals surface area (Å²) in [7, 11) is -3.63. The summed E-state index contributed by atoms with van der Waals surface area (Å²) in [4.78, 5) is 12.4. The molecule has 0 spiro atoms. The number of nitrogens with two attached hydrogens (primary N) is 1. The van der Waals surface area contributed by atoms with Gasteiger partial charge in [-0.3, -0.25) is 10.6 Å². The number of benzene rings is 1. The van der Waals surface area contributed by atoms with Crippen LogP contribution in [-0.2, 0) is 14.8 Å². The molecule has 0 radical (unpaired) electrons. The van der Waals surface area contributed by atoms with Gasteiger partial charge < -0.3 is 5.32 Å². The van der Waals surface area contributed by atoms with Crippen LogP contribution in [0.15, 0.2) is 29.2 Å². The van der Waals surface area contributed by atoms with Gasteiger partial charge in [-0.15, -0.1) is 0 Å². The first-order valence-electron chi connectivity index (χ1n) is 4.06. The van der Waals surface area contributed by atoms with E-state index in [1.807, 2.05) is 0 Å². The standard InChI is InChI=1S/C8H11N3O3S/c1-6(12)10-7-2-4-8(5-3-7)15(13,14)11-9/h2-5,11H,9H2,1H3,(H,10,12). The van der Waals surface area contributed by atoms with Crippen LogP contribution < -0.4 is 16.0 Å². The Morgan fingerprint density at radius 2 is 1.80 bits per heavy atom. The molecule has 0 aliphatic carbocycles. The lowest BCUT2D eigenvalue weighted by Crippen LogP contribution is -2.30. The van der Waals surface area contributed by atoms with Gasteiger partial charge in [0.25, 0.3) is 10.0 Å². The topological polar surface area (TPSA) is 101 Å². The smallest absolute Gasteiger partial charge is 0.253 e. The van der Waals surface area contributed by atoms with Gasteiger partial charge in [0.2, 0.25) is 5.91 Å². The number of hydrogen-bond donors (Lipinski definition) is 3. The third-order valence-corrected chi connectivity index (χ3v) is 2.84. The molecule has 0 aliphatic heterocycles. The van der Waals surface area contributed by atoms with E-state index in [2.05, 4.69) is 5.32 Å². The van der Waals surface area contributed by atoms with Crippen LogP contribution in [0, 0.1) is 0 Å². The molecule has 7 heteroatoms. The maximum Gasteiger partial charge on any atom is 0.253 e. The van der Waals surface area contributed by atoms with Crippen molar-refractivity contribution in [1.82, 2.24) is 4.83 Å². The predicted molar refractivity (Wildman–Crippen MR) is 55.3 cm³/mol. The molecule has 0 atom stereocenters. The van der Waals surface area contributed by atoms with E-state index in [9.17, 15) is 13.2 Å². The highest BCUT2D eigenvalue weighted by atomic mass is 32.2. The fraction of sp³-hybridized carbons (Fsp3) is 0.125. The maximum absolute atomic E-state index is 11.2. The summed E-state index contributed by atoms with van der Waals surface area (Å²) in [5, 5.41) is 2.52. The zero-order valence-electron chi connectivity index (χ0n) is 8.02. The van der Waals surface area contributed by atoms with Crippen LogP contribution in [0.4, 0.5) is 5.69 Å². The summed E-state index contributed by atoms with van der Waals surface area (Å²) in [6, 6.07) is 5.65.